The van der Waals surface area contributed by atoms with Gasteiger partial charge in [0.15, 0.2) is 0 Å². The average molecular weight is 200 g/mol. The van der Waals surface area contributed by atoms with Gasteiger partial charge in [-0.05, 0) is 36.8 Å². The van der Waals surface area contributed by atoms with Crippen LogP contribution in [0.25, 0.3) is 0 Å². The van der Waals surface area contributed by atoms with Crippen LogP contribution in [0.4, 0.5) is 0 Å². The van der Waals surface area contributed by atoms with E-state index in [1.165, 1.54) is 16.0 Å². The van der Waals surface area contributed by atoms with Gasteiger partial charge in [0, 0.05) is 15.5 Å². The number of fused-ring (bicyclic) bond motifs is 1. The zero-order valence-electron chi connectivity index (χ0n) is 10.6. The SMILES string of the molecule is [2H]C([2H])([2H])NC[C@@H]1OCCc2c(C)csc21. The smallest absolute Gasteiger partial charge is 0.104 e. The first-order valence-corrected chi connectivity index (χ1v) is 5.29. The van der Waals surface area contributed by atoms with Gasteiger partial charge in [-0.2, -0.15) is 0 Å². The monoisotopic (exact) mass is 200 g/mol. The molecular formula is C10H15NOS. The Bertz CT molecular complexity index is 375. The van der Waals surface area contributed by atoms with Crippen molar-refractivity contribution in [2.24, 2.45) is 0 Å². The predicted molar refractivity (Wildman–Crippen MR) is 55.4 cm³/mol. The number of thiophene rings is 1. The van der Waals surface area contributed by atoms with Crippen LogP contribution >= 0.6 is 11.3 Å². The highest BCUT2D eigenvalue weighted by molar-refractivity contribution is 7.10. The Morgan fingerprint density at radius 3 is 3.62 bits per heavy atom. The molecule has 0 bridgehead atoms. The highest BCUT2D eigenvalue weighted by atomic mass is 32.1. The molecule has 0 saturated carbocycles. The molecule has 1 aliphatic rings. The first-order chi connectivity index (χ1) is 7.47. The van der Waals surface area contributed by atoms with Crippen molar-refractivity contribution < 1.29 is 8.85 Å². The molecule has 1 aliphatic heterocycles. The van der Waals surface area contributed by atoms with Gasteiger partial charge >= 0.3 is 0 Å². The molecule has 0 aliphatic carbocycles. The van der Waals surface area contributed by atoms with Crippen molar-refractivity contribution in [2.75, 3.05) is 20.1 Å². The summed E-state index contributed by atoms with van der Waals surface area (Å²) in [6.07, 6.45) is 0.831. The summed E-state index contributed by atoms with van der Waals surface area (Å²) in [5, 5.41) is 4.64. The maximum absolute atomic E-state index is 7.11. The number of aryl methyl sites for hydroxylation is 1. The van der Waals surface area contributed by atoms with E-state index in [9.17, 15) is 0 Å². The molecule has 2 heterocycles. The highest BCUT2D eigenvalue weighted by Gasteiger charge is 2.22. The Kier molecular flexibility index (Phi) is 1.79. The minimum Gasteiger partial charge on any atom is -0.371 e. The molecule has 13 heavy (non-hydrogen) atoms. The Morgan fingerprint density at radius 2 is 2.77 bits per heavy atom. The number of rotatable bonds is 2. The van der Waals surface area contributed by atoms with Crippen LogP contribution in [0.15, 0.2) is 5.38 Å². The Labute approximate surface area is 87.1 Å². The van der Waals surface area contributed by atoms with Gasteiger partial charge in [0.25, 0.3) is 0 Å². The normalized spacial score (nSPS) is 25.9. The van der Waals surface area contributed by atoms with Crippen molar-refractivity contribution in [3.63, 3.8) is 0 Å². The predicted octanol–water partition coefficient (Wildman–Crippen LogP) is 1.89. The zero-order valence-corrected chi connectivity index (χ0v) is 8.41. The summed E-state index contributed by atoms with van der Waals surface area (Å²) in [5.74, 6) is 0. The number of hydrogen-bond acceptors (Lipinski definition) is 3. The van der Waals surface area contributed by atoms with E-state index < -0.39 is 6.98 Å². The van der Waals surface area contributed by atoms with Crippen molar-refractivity contribution in [2.45, 2.75) is 19.4 Å². The van der Waals surface area contributed by atoms with E-state index in [2.05, 4.69) is 17.6 Å². The number of nitrogens with one attached hydrogen (secondary N) is 1. The molecule has 0 fully saturated rings. The molecule has 2 rings (SSSR count). The lowest BCUT2D eigenvalue weighted by Crippen LogP contribution is -2.24. The van der Waals surface area contributed by atoms with Gasteiger partial charge < -0.3 is 10.1 Å². The second-order valence-electron chi connectivity index (χ2n) is 3.25. The van der Waals surface area contributed by atoms with Crippen molar-refractivity contribution in [3.8, 4) is 0 Å². The van der Waals surface area contributed by atoms with Gasteiger partial charge in [0.2, 0.25) is 0 Å². The maximum Gasteiger partial charge on any atom is 0.104 e. The first kappa shape index (κ1) is 6.17. The molecule has 1 aromatic rings. The molecule has 0 saturated heterocycles. The lowest BCUT2D eigenvalue weighted by molar-refractivity contribution is 0.0467. The van der Waals surface area contributed by atoms with E-state index >= 15 is 0 Å². The summed E-state index contributed by atoms with van der Waals surface area (Å²) >= 11 is 1.66. The lowest BCUT2D eigenvalue weighted by atomic mass is 10.0. The number of ether oxygens (including phenoxy) is 1. The zero-order chi connectivity index (χ0) is 11.8. The Morgan fingerprint density at radius 1 is 1.85 bits per heavy atom. The number of likely N-dealkylation sites (N-methyl/N-ethyl adjacent to an activating group) is 1. The molecule has 0 unspecified atom stereocenters. The molecule has 1 aromatic heterocycles. The van der Waals surface area contributed by atoms with E-state index in [1.807, 2.05) is 0 Å². The van der Waals surface area contributed by atoms with Gasteiger partial charge in [-0.1, -0.05) is 0 Å². The van der Waals surface area contributed by atoms with Crippen molar-refractivity contribution >= 4 is 11.3 Å². The van der Waals surface area contributed by atoms with Crippen LogP contribution in [-0.2, 0) is 11.2 Å². The summed E-state index contributed by atoms with van der Waals surface area (Å²) in [4.78, 5) is 1.18. The quantitative estimate of drug-likeness (QED) is 0.787. The molecule has 0 aromatic carbocycles. The molecule has 1 N–H and O–H groups in total. The fraction of sp³-hybridized carbons (Fsp3) is 0.600. The van der Waals surface area contributed by atoms with E-state index in [0.717, 1.165) is 6.42 Å². The summed E-state index contributed by atoms with van der Waals surface area (Å²) < 4.78 is 26.9. The van der Waals surface area contributed by atoms with Crippen molar-refractivity contribution in [3.05, 3.63) is 21.4 Å². The second-order valence-corrected chi connectivity index (χ2v) is 4.16. The van der Waals surface area contributed by atoms with E-state index in [-0.39, 0.29) is 6.10 Å². The lowest BCUT2D eigenvalue weighted by Gasteiger charge is -2.23. The topological polar surface area (TPSA) is 21.3 Å². The average Bonchev–Trinajstić information content (AvgIpc) is 2.57. The van der Waals surface area contributed by atoms with Gasteiger partial charge in [-0.15, -0.1) is 11.3 Å². The third-order valence-electron chi connectivity index (χ3n) is 2.39. The molecule has 2 nitrogen and oxygen atoms in total. The van der Waals surface area contributed by atoms with E-state index in [1.54, 1.807) is 11.3 Å². The molecule has 0 spiro atoms. The summed E-state index contributed by atoms with van der Waals surface area (Å²) in [5.41, 5.74) is 2.63. The fourth-order valence-corrected chi connectivity index (χ4v) is 2.86. The van der Waals surface area contributed by atoms with Crippen LogP contribution < -0.4 is 5.32 Å². The van der Waals surface area contributed by atoms with Crippen LogP contribution in [-0.4, -0.2) is 20.1 Å². The second kappa shape index (κ2) is 3.78. The summed E-state index contributed by atoms with van der Waals surface area (Å²) in [6.45, 7) is 1.03. The van der Waals surface area contributed by atoms with Crippen LogP contribution in [0.1, 0.15) is 26.2 Å². The molecular weight excluding hydrogens is 182 g/mol. The third-order valence-corrected chi connectivity index (χ3v) is 3.62. The highest BCUT2D eigenvalue weighted by Crippen LogP contribution is 2.33. The van der Waals surface area contributed by atoms with Gasteiger partial charge in [0.1, 0.15) is 6.10 Å². The third kappa shape index (κ3) is 1.64. The molecule has 72 valence electrons. The van der Waals surface area contributed by atoms with Crippen LogP contribution in [0.2, 0.25) is 0 Å². The fourth-order valence-electron chi connectivity index (χ4n) is 1.70. The minimum absolute atomic E-state index is 0.108. The first-order valence-electron chi connectivity index (χ1n) is 5.91. The molecule has 0 amide bonds. The molecule has 0 radical (unpaired) electrons. The largest absolute Gasteiger partial charge is 0.371 e. The minimum atomic E-state index is -2.09. The van der Waals surface area contributed by atoms with E-state index in [0.29, 0.717) is 13.2 Å². The van der Waals surface area contributed by atoms with Crippen molar-refractivity contribution in [1.29, 1.82) is 0 Å². The van der Waals surface area contributed by atoms with Gasteiger partial charge in [-0.25, -0.2) is 0 Å². The van der Waals surface area contributed by atoms with Crippen LogP contribution in [0, 0.1) is 6.92 Å². The van der Waals surface area contributed by atoms with Crippen LogP contribution in [0.5, 0.6) is 0 Å². The van der Waals surface area contributed by atoms with Crippen LogP contribution in [0.3, 0.4) is 0 Å². The van der Waals surface area contributed by atoms with E-state index in [4.69, 9.17) is 8.85 Å². The summed E-state index contributed by atoms with van der Waals surface area (Å²) in [6, 6.07) is 0. The molecule has 3 heteroatoms. The Hall–Kier alpha value is -0.380. The Balaban J connectivity index is 2.08. The summed E-state index contributed by atoms with van der Waals surface area (Å²) in [7, 11) is 0. The molecule has 1 atom stereocenters. The van der Waals surface area contributed by atoms with Crippen molar-refractivity contribution in [1.82, 2.24) is 5.32 Å². The maximum atomic E-state index is 7.11. The standard InChI is InChI=1S/C10H15NOS/c1-7-6-13-10-8(7)3-4-12-9(10)5-11-2/h6,9,11H,3-5H2,1-2H3/t9-/m0/s1/i2D3. The van der Waals surface area contributed by atoms with Gasteiger partial charge in [0.05, 0.1) is 6.61 Å². The number of hydrogen-bond donors (Lipinski definition) is 1. The van der Waals surface area contributed by atoms with Gasteiger partial charge in [-0.3, -0.25) is 0 Å².